The number of thioether (sulfide) groups is 2. The summed E-state index contributed by atoms with van der Waals surface area (Å²) in [5.41, 5.74) is 7.17. The van der Waals surface area contributed by atoms with Crippen LogP contribution in [0.15, 0.2) is 40.7 Å². The Morgan fingerprint density at radius 1 is 1.38 bits per heavy atom. The Morgan fingerprint density at radius 2 is 2.09 bits per heavy atom. The van der Waals surface area contributed by atoms with E-state index in [2.05, 4.69) is 20.8 Å². The highest BCUT2D eigenvalue weighted by molar-refractivity contribution is 8.00. The lowest BCUT2D eigenvalue weighted by atomic mass is 10.00. The third-order valence-corrected chi connectivity index (χ3v) is 7.69. The number of carboxylic acid groups (broad SMARTS) is 1. The third kappa shape index (κ3) is 4.13. The fraction of sp³-hybridized carbons (Fsp3) is 0.389. The van der Waals surface area contributed by atoms with Gasteiger partial charge in [0.25, 0.3) is 0 Å². The van der Waals surface area contributed by atoms with Crippen molar-refractivity contribution in [2.45, 2.75) is 28.8 Å². The molecule has 3 heterocycles. The highest BCUT2D eigenvalue weighted by atomic mass is 32.2. The number of tetrazole rings is 1. The fourth-order valence-electron chi connectivity index (χ4n) is 3.52. The molecule has 6 N–H and O–H groups in total. The van der Waals surface area contributed by atoms with Gasteiger partial charge in [0.05, 0.1) is 0 Å². The smallest absolute Gasteiger partial charge is 0.352 e. The lowest BCUT2D eigenvalue weighted by molar-refractivity contribution is -0.148. The fourth-order valence-corrected chi connectivity index (χ4v) is 5.93. The molecule has 4 unspecified atom stereocenters. The molecule has 2 aromatic rings. The second kappa shape index (κ2) is 8.97. The van der Waals surface area contributed by atoms with Crippen molar-refractivity contribution in [3.05, 3.63) is 41.1 Å². The van der Waals surface area contributed by atoms with Gasteiger partial charge in [-0.1, -0.05) is 23.9 Å². The van der Waals surface area contributed by atoms with Crippen molar-refractivity contribution in [2.75, 3.05) is 11.5 Å². The molecule has 4 rings (SSSR count). The van der Waals surface area contributed by atoms with Gasteiger partial charge in [0.2, 0.25) is 11.1 Å². The molecule has 0 spiro atoms. The van der Waals surface area contributed by atoms with Gasteiger partial charge in [0, 0.05) is 18.6 Å². The molecule has 170 valence electrons. The summed E-state index contributed by atoms with van der Waals surface area (Å²) >= 11 is 2.74. The summed E-state index contributed by atoms with van der Waals surface area (Å²) in [7, 11) is 1.69. The number of aliphatic hydroxyl groups excluding tert-OH is 1. The predicted molar refractivity (Wildman–Crippen MR) is 115 cm³/mol. The first kappa shape index (κ1) is 22.4. The van der Waals surface area contributed by atoms with Crippen LogP contribution in [0.4, 0.5) is 0 Å². The number of phenolic OH excluding ortho intramolecular Hbond substituents is 1. The van der Waals surface area contributed by atoms with Gasteiger partial charge >= 0.3 is 5.97 Å². The molecule has 0 radical (unpaired) electrons. The van der Waals surface area contributed by atoms with E-state index in [1.165, 1.54) is 45.2 Å². The maximum Gasteiger partial charge on any atom is 0.352 e. The van der Waals surface area contributed by atoms with Crippen molar-refractivity contribution < 1.29 is 24.9 Å². The van der Waals surface area contributed by atoms with Crippen LogP contribution in [0.25, 0.3) is 0 Å². The number of benzene rings is 1. The van der Waals surface area contributed by atoms with Gasteiger partial charge in [-0.25, -0.2) is 9.48 Å². The first-order valence-electron chi connectivity index (χ1n) is 9.51. The predicted octanol–water partition coefficient (Wildman–Crippen LogP) is -0.762. The molecule has 2 aliphatic heterocycles. The number of amides is 1. The Labute approximate surface area is 190 Å². The Morgan fingerprint density at radius 3 is 2.72 bits per heavy atom. The van der Waals surface area contributed by atoms with E-state index in [4.69, 9.17) is 5.73 Å². The minimum absolute atomic E-state index is 0.0252. The number of aromatic nitrogens is 4. The summed E-state index contributed by atoms with van der Waals surface area (Å²) in [6, 6.07) is 4.27. The highest BCUT2D eigenvalue weighted by Gasteiger charge is 2.54. The molecule has 1 aromatic heterocycles. The molecule has 2 aliphatic rings. The molecule has 1 amide bonds. The summed E-state index contributed by atoms with van der Waals surface area (Å²) in [5, 5.41) is 43.8. The van der Waals surface area contributed by atoms with Crippen LogP contribution in [0.3, 0.4) is 0 Å². The third-order valence-electron chi connectivity index (χ3n) is 5.21. The number of hydrogen-bond acceptors (Lipinski definition) is 11. The molecule has 14 heteroatoms. The largest absolute Gasteiger partial charge is 0.508 e. The number of hydrogen-bond donors (Lipinski definition) is 5. The molecule has 0 bridgehead atoms. The van der Waals surface area contributed by atoms with E-state index in [1.54, 1.807) is 19.2 Å². The molecule has 1 saturated heterocycles. The lowest BCUT2D eigenvalue weighted by Crippen LogP contribution is -2.73. The summed E-state index contributed by atoms with van der Waals surface area (Å²) in [6.07, 6.45) is -1.20. The zero-order valence-corrected chi connectivity index (χ0v) is 18.5. The first-order valence-corrected chi connectivity index (χ1v) is 11.5. The summed E-state index contributed by atoms with van der Waals surface area (Å²) in [5.74, 6) is -0.822. The van der Waals surface area contributed by atoms with Gasteiger partial charge in [-0.05, 0) is 33.7 Å². The molecular weight excluding hydrogens is 458 g/mol. The zero-order chi connectivity index (χ0) is 23.0. The number of carboxylic acids is 1. The Bertz CT molecular complexity index is 1060. The molecule has 0 aliphatic carbocycles. The van der Waals surface area contributed by atoms with Crippen molar-refractivity contribution in [1.29, 1.82) is 0 Å². The van der Waals surface area contributed by atoms with Crippen LogP contribution in [0, 0.1) is 0 Å². The molecule has 0 saturated carbocycles. The van der Waals surface area contributed by atoms with E-state index < -0.39 is 35.6 Å². The van der Waals surface area contributed by atoms with E-state index in [1.807, 2.05) is 0 Å². The maximum absolute atomic E-state index is 12.6. The van der Waals surface area contributed by atoms with Crippen molar-refractivity contribution in [3.8, 4) is 5.75 Å². The van der Waals surface area contributed by atoms with E-state index in [9.17, 15) is 24.9 Å². The molecule has 12 nitrogen and oxygen atoms in total. The maximum atomic E-state index is 12.6. The van der Waals surface area contributed by atoms with Crippen LogP contribution in [0.5, 0.6) is 5.75 Å². The summed E-state index contributed by atoms with van der Waals surface area (Å²) in [4.78, 5) is 26.0. The number of aliphatic carboxylic acids is 1. The van der Waals surface area contributed by atoms with E-state index >= 15 is 0 Å². The first-order chi connectivity index (χ1) is 15.3. The Balaban J connectivity index is 1.45. The van der Waals surface area contributed by atoms with Crippen LogP contribution < -0.4 is 11.1 Å². The van der Waals surface area contributed by atoms with Gasteiger partial charge in [-0.15, -0.1) is 16.9 Å². The van der Waals surface area contributed by atoms with Crippen molar-refractivity contribution in [2.24, 2.45) is 12.8 Å². The standard InChI is InChI=1S/C18H21N7O5S2/c1-24-18(21-22-23-24)32-7-9-6-31-16-12(15(28)25(16)13(9)17(29)30)20-14(27)11(19)8-2-4-10(26)5-3-8/h2-5,11-12,15-16,26,28H,6-7,19H2,1H3,(H,20,27)(H,29,30). The molecule has 1 fully saturated rings. The van der Waals surface area contributed by atoms with Gasteiger partial charge < -0.3 is 31.3 Å². The van der Waals surface area contributed by atoms with E-state index in [-0.39, 0.29) is 11.4 Å². The van der Waals surface area contributed by atoms with E-state index in [0.29, 0.717) is 27.8 Å². The number of phenols is 1. The molecule has 1 aromatic carbocycles. The van der Waals surface area contributed by atoms with Gasteiger partial charge in [-0.3, -0.25) is 4.79 Å². The minimum atomic E-state index is -1.20. The number of aryl methyl sites for hydroxylation is 1. The van der Waals surface area contributed by atoms with Crippen LogP contribution in [0.2, 0.25) is 0 Å². The van der Waals surface area contributed by atoms with Gasteiger partial charge in [-0.2, -0.15) is 0 Å². The molecule has 4 atom stereocenters. The average Bonchev–Trinajstić information content (AvgIpc) is 3.19. The number of carbonyl (C=O) groups excluding carboxylic acids is 1. The zero-order valence-electron chi connectivity index (χ0n) is 16.8. The van der Waals surface area contributed by atoms with Crippen molar-refractivity contribution >= 4 is 35.4 Å². The Kier molecular flexibility index (Phi) is 6.28. The van der Waals surface area contributed by atoms with Gasteiger partial charge in [0.1, 0.15) is 28.9 Å². The van der Waals surface area contributed by atoms with Crippen LogP contribution >= 0.6 is 23.5 Å². The quantitative estimate of drug-likeness (QED) is 0.314. The minimum Gasteiger partial charge on any atom is -0.508 e. The number of nitrogens with one attached hydrogen (secondary N) is 1. The topological polar surface area (TPSA) is 180 Å². The number of aromatic hydroxyl groups is 1. The summed E-state index contributed by atoms with van der Waals surface area (Å²) in [6.45, 7) is 0. The second-order valence-electron chi connectivity index (χ2n) is 7.26. The number of nitrogens with zero attached hydrogens (tertiary/aromatic N) is 5. The molecular formula is C18H21N7O5S2. The Hall–Kier alpha value is -2.81. The van der Waals surface area contributed by atoms with Gasteiger partial charge in [0.15, 0.2) is 6.23 Å². The van der Waals surface area contributed by atoms with Crippen molar-refractivity contribution in [1.82, 2.24) is 30.4 Å². The van der Waals surface area contributed by atoms with E-state index in [0.717, 1.165) is 0 Å². The number of rotatable bonds is 7. The number of nitrogens with two attached hydrogens (primary N) is 1. The van der Waals surface area contributed by atoms with Crippen molar-refractivity contribution in [3.63, 3.8) is 0 Å². The van der Waals surface area contributed by atoms with Crippen LogP contribution in [0.1, 0.15) is 11.6 Å². The summed E-state index contributed by atoms with van der Waals surface area (Å²) < 4.78 is 1.49. The van der Waals surface area contributed by atoms with Crippen LogP contribution in [-0.4, -0.2) is 81.5 Å². The SMILES string of the molecule is Cn1nnnc1SCC1=C(C(=O)O)N2C(O)C(NC(=O)C(N)c3ccc(O)cc3)C2SC1. The lowest BCUT2D eigenvalue weighted by Gasteiger charge is -2.55. The highest BCUT2D eigenvalue weighted by Crippen LogP contribution is 2.43. The average molecular weight is 480 g/mol. The molecule has 32 heavy (non-hydrogen) atoms. The number of aliphatic hydroxyl groups is 1. The monoisotopic (exact) mass is 479 g/mol. The number of carbonyl (C=O) groups is 2. The second-order valence-corrected chi connectivity index (χ2v) is 9.30. The number of fused-ring (bicyclic) bond motifs is 1. The van der Waals surface area contributed by atoms with Crippen LogP contribution in [-0.2, 0) is 16.6 Å². The normalized spacial score (nSPS) is 23.3.